The average Bonchev–Trinajstić information content (AvgIpc) is 3.01. The zero-order chi connectivity index (χ0) is 20.8. The van der Waals surface area contributed by atoms with Crippen LogP contribution in [-0.4, -0.2) is 32.3 Å². The fourth-order valence-corrected chi connectivity index (χ4v) is 3.42. The Morgan fingerprint density at radius 3 is 2.48 bits per heavy atom. The topological polar surface area (TPSA) is 88.9 Å². The van der Waals surface area contributed by atoms with Crippen LogP contribution < -0.4 is 10.6 Å². The van der Waals surface area contributed by atoms with Crippen LogP contribution in [0.1, 0.15) is 11.4 Å². The molecule has 2 N–H and O–H groups in total. The van der Waals surface area contributed by atoms with Crippen molar-refractivity contribution in [3.63, 3.8) is 0 Å². The van der Waals surface area contributed by atoms with E-state index in [4.69, 9.17) is 11.6 Å². The molecule has 2 aromatic carbocycles. The predicted octanol–water partition coefficient (Wildman–Crippen LogP) is 3.69. The van der Waals surface area contributed by atoms with Crippen LogP contribution in [0, 0.1) is 6.92 Å². The summed E-state index contributed by atoms with van der Waals surface area (Å²) < 4.78 is 1.71. The van der Waals surface area contributed by atoms with Gasteiger partial charge in [-0.15, -0.1) is 10.2 Å². The Balaban J connectivity index is 1.52. The van der Waals surface area contributed by atoms with Gasteiger partial charge in [0, 0.05) is 23.4 Å². The summed E-state index contributed by atoms with van der Waals surface area (Å²) in [5, 5.41) is 14.9. The standard InChI is InChI=1S/C20H20ClN5O2S/c1-13-6-8-15(9-7-13)22-18(27)11-17-24-25-20(26(17)2)29-12-19(28)23-16-5-3-4-14(21)10-16/h3-10H,11-12H2,1-2H3,(H,22,27)(H,23,28). The molecule has 0 radical (unpaired) electrons. The molecule has 7 nitrogen and oxygen atoms in total. The molecular weight excluding hydrogens is 410 g/mol. The van der Waals surface area contributed by atoms with E-state index in [1.807, 2.05) is 31.2 Å². The minimum absolute atomic E-state index is 0.0899. The zero-order valence-electron chi connectivity index (χ0n) is 16.0. The average molecular weight is 430 g/mol. The van der Waals surface area contributed by atoms with E-state index < -0.39 is 0 Å². The van der Waals surface area contributed by atoms with Crippen molar-refractivity contribution in [2.45, 2.75) is 18.5 Å². The molecule has 1 aromatic heterocycles. The van der Waals surface area contributed by atoms with Crippen molar-refractivity contribution < 1.29 is 9.59 Å². The van der Waals surface area contributed by atoms with Gasteiger partial charge in [-0.05, 0) is 37.3 Å². The van der Waals surface area contributed by atoms with E-state index in [2.05, 4.69) is 20.8 Å². The second-order valence-corrected chi connectivity index (χ2v) is 7.77. The summed E-state index contributed by atoms with van der Waals surface area (Å²) in [5.74, 6) is 0.319. The van der Waals surface area contributed by atoms with Crippen LogP contribution >= 0.6 is 23.4 Å². The normalized spacial score (nSPS) is 10.6. The van der Waals surface area contributed by atoms with Gasteiger partial charge in [0.05, 0.1) is 12.2 Å². The van der Waals surface area contributed by atoms with Crippen LogP contribution in [0.2, 0.25) is 5.02 Å². The Morgan fingerprint density at radius 2 is 1.76 bits per heavy atom. The number of anilines is 2. The molecule has 150 valence electrons. The molecule has 0 atom stereocenters. The lowest BCUT2D eigenvalue weighted by atomic mass is 10.2. The first kappa shape index (κ1) is 20.9. The minimum atomic E-state index is -0.182. The van der Waals surface area contributed by atoms with Crippen molar-refractivity contribution in [3.8, 4) is 0 Å². The van der Waals surface area contributed by atoms with E-state index in [0.717, 1.165) is 11.3 Å². The lowest BCUT2D eigenvalue weighted by Gasteiger charge is -2.07. The molecule has 0 unspecified atom stereocenters. The summed E-state index contributed by atoms with van der Waals surface area (Å²) in [7, 11) is 1.77. The van der Waals surface area contributed by atoms with E-state index in [0.29, 0.717) is 21.7 Å². The fraction of sp³-hybridized carbons (Fsp3) is 0.200. The number of amides is 2. The molecule has 0 saturated carbocycles. The number of nitrogens with zero attached hydrogens (tertiary/aromatic N) is 3. The van der Waals surface area contributed by atoms with Crippen LogP contribution in [0.5, 0.6) is 0 Å². The highest BCUT2D eigenvalue weighted by Gasteiger charge is 2.14. The van der Waals surface area contributed by atoms with Crippen LogP contribution in [0.15, 0.2) is 53.7 Å². The lowest BCUT2D eigenvalue weighted by molar-refractivity contribution is -0.116. The number of carbonyl (C=O) groups excluding carboxylic acids is 2. The van der Waals surface area contributed by atoms with Gasteiger partial charge < -0.3 is 15.2 Å². The number of aryl methyl sites for hydroxylation is 1. The van der Waals surface area contributed by atoms with Crippen molar-refractivity contribution in [1.29, 1.82) is 0 Å². The molecule has 0 bridgehead atoms. The van der Waals surface area contributed by atoms with Gasteiger partial charge >= 0.3 is 0 Å². The fourth-order valence-electron chi connectivity index (χ4n) is 2.50. The first-order chi connectivity index (χ1) is 13.9. The Morgan fingerprint density at radius 1 is 1.03 bits per heavy atom. The molecule has 3 aromatic rings. The predicted molar refractivity (Wildman–Crippen MR) is 115 cm³/mol. The zero-order valence-corrected chi connectivity index (χ0v) is 17.5. The largest absolute Gasteiger partial charge is 0.326 e. The van der Waals surface area contributed by atoms with E-state index in [1.54, 1.807) is 35.9 Å². The third kappa shape index (κ3) is 6.07. The van der Waals surface area contributed by atoms with Gasteiger partial charge in [-0.2, -0.15) is 0 Å². The first-order valence-corrected chi connectivity index (χ1v) is 10.2. The Bertz CT molecular complexity index is 1020. The van der Waals surface area contributed by atoms with Crippen molar-refractivity contribution in [1.82, 2.24) is 14.8 Å². The van der Waals surface area contributed by atoms with Crippen LogP contribution in [-0.2, 0) is 23.1 Å². The first-order valence-electron chi connectivity index (χ1n) is 8.84. The maximum Gasteiger partial charge on any atom is 0.234 e. The molecule has 0 aliphatic carbocycles. The van der Waals surface area contributed by atoms with Gasteiger partial charge in [0.15, 0.2) is 5.16 Å². The highest BCUT2D eigenvalue weighted by atomic mass is 35.5. The molecule has 9 heteroatoms. The number of hydrogen-bond donors (Lipinski definition) is 2. The molecule has 1 heterocycles. The number of carbonyl (C=O) groups is 2. The van der Waals surface area contributed by atoms with Gasteiger partial charge in [0.1, 0.15) is 5.82 Å². The van der Waals surface area contributed by atoms with Gasteiger partial charge in [0.25, 0.3) is 0 Å². The highest BCUT2D eigenvalue weighted by Crippen LogP contribution is 2.18. The summed E-state index contributed by atoms with van der Waals surface area (Å²) in [4.78, 5) is 24.4. The maximum atomic E-state index is 12.3. The van der Waals surface area contributed by atoms with Gasteiger partial charge in [-0.1, -0.05) is 47.1 Å². The summed E-state index contributed by atoms with van der Waals surface area (Å²) in [6, 6.07) is 14.5. The smallest absolute Gasteiger partial charge is 0.234 e. The monoisotopic (exact) mass is 429 g/mol. The van der Waals surface area contributed by atoms with Crippen LogP contribution in [0.25, 0.3) is 0 Å². The molecule has 2 amide bonds. The molecular formula is C20H20ClN5O2S. The van der Waals surface area contributed by atoms with Crippen molar-refractivity contribution in [3.05, 3.63) is 64.9 Å². The van der Waals surface area contributed by atoms with Gasteiger partial charge in [0.2, 0.25) is 11.8 Å². The molecule has 0 fully saturated rings. The van der Waals surface area contributed by atoms with E-state index >= 15 is 0 Å². The lowest BCUT2D eigenvalue weighted by Crippen LogP contribution is -2.17. The number of hydrogen-bond acceptors (Lipinski definition) is 5. The molecule has 3 rings (SSSR count). The van der Waals surface area contributed by atoms with Crippen LogP contribution in [0.4, 0.5) is 11.4 Å². The highest BCUT2D eigenvalue weighted by molar-refractivity contribution is 7.99. The van der Waals surface area contributed by atoms with Crippen molar-refractivity contribution >= 4 is 46.6 Å². The molecule has 0 saturated heterocycles. The maximum absolute atomic E-state index is 12.3. The Kier molecular flexibility index (Phi) is 6.90. The molecule has 29 heavy (non-hydrogen) atoms. The van der Waals surface area contributed by atoms with Crippen molar-refractivity contribution in [2.24, 2.45) is 7.05 Å². The quantitative estimate of drug-likeness (QED) is 0.559. The van der Waals surface area contributed by atoms with Gasteiger partial charge in [-0.25, -0.2) is 0 Å². The molecule has 0 spiro atoms. The summed E-state index contributed by atoms with van der Waals surface area (Å²) in [6.45, 7) is 1.99. The SMILES string of the molecule is Cc1ccc(NC(=O)Cc2nnc(SCC(=O)Nc3cccc(Cl)c3)n2C)cc1. The number of nitrogens with one attached hydrogen (secondary N) is 2. The Hall–Kier alpha value is -2.84. The third-order valence-corrected chi connectivity index (χ3v) is 5.28. The number of halogens is 1. The summed E-state index contributed by atoms with van der Waals surface area (Å²) in [5.41, 5.74) is 2.49. The number of thioether (sulfide) groups is 1. The number of benzene rings is 2. The number of rotatable bonds is 7. The van der Waals surface area contributed by atoms with E-state index in [9.17, 15) is 9.59 Å². The summed E-state index contributed by atoms with van der Waals surface area (Å²) >= 11 is 7.16. The van der Waals surface area contributed by atoms with Crippen molar-refractivity contribution in [2.75, 3.05) is 16.4 Å². The third-order valence-electron chi connectivity index (χ3n) is 4.02. The van der Waals surface area contributed by atoms with E-state index in [1.165, 1.54) is 11.8 Å². The van der Waals surface area contributed by atoms with Crippen LogP contribution in [0.3, 0.4) is 0 Å². The van der Waals surface area contributed by atoms with Gasteiger partial charge in [-0.3, -0.25) is 9.59 Å². The second-order valence-electron chi connectivity index (χ2n) is 6.40. The minimum Gasteiger partial charge on any atom is -0.326 e. The second kappa shape index (κ2) is 9.58. The summed E-state index contributed by atoms with van der Waals surface area (Å²) in [6.07, 6.45) is 0.0899. The molecule has 0 aliphatic rings. The number of aromatic nitrogens is 3. The van der Waals surface area contributed by atoms with E-state index in [-0.39, 0.29) is 24.0 Å². The Labute approximate surface area is 177 Å². The molecule has 0 aliphatic heterocycles.